The van der Waals surface area contributed by atoms with Crippen molar-refractivity contribution in [3.8, 4) is 0 Å². The lowest BCUT2D eigenvalue weighted by atomic mass is 10.0. The van der Waals surface area contributed by atoms with Crippen LogP contribution in [-0.4, -0.2) is 32.5 Å². The van der Waals surface area contributed by atoms with Gasteiger partial charge in [-0.15, -0.1) is 0 Å². The normalized spacial score (nSPS) is 23.6. The highest BCUT2D eigenvalue weighted by Gasteiger charge is 2.26. The van der Waals surface area contributed by atoms with Crippen LogP contribution in [0.3, 0.4) is 0 Å². The second kappa shape index (κ2) is 6.90. The van der Waals surface area contributed by atoms with Crippen LogP contribution in [0.1, 0.15) is 57.8 Å². The van der Waals surface area contributed by atoms with Crippen LogP contribution in [-0.2, 0) is 9.84 Å². The Morgan fingerprint density at radius 3 is 2.17 bits per heavy atom. The van der Waals surface area contributed by atoms with Crippen molar-refractivity contribution in [1.82, 2.24) is 5.32 Å². The maximum atomic E-state index is 12.1. The maximum Gasteiger partial charge on any atom is 0.154 e. The third-order valence-electron chi connectivity index (χ3n) is 4.53. The molecule has 2 rings (SSSR count). The highest BCUT2D eigenvalue weighted by molar-refractivity contribution is 7.92. The quantitative estimate of drug-likeness (QED) is 0.756. The standard InChI is InChI=1S/C14H27NO2S/c16-18(17,14-8-2-1-3-9-14)11-10-15-12-13-6-4-5-7-13/h13-15H,1-12H2. The van der Waals surface area contributed by atoms with Crippen LogP contribution in [0.2, 0.25) is 0 Å². The highest BCUT2D eigenvalue weighted by Crippen LogP contribution is 2.25. The first-order valence-electron chi connectivity index (χ1n) is 7.61. The summed E-state index contributed by atoms with van der Waals surface area (Å²) in [7, 11) is -2.84. The largest absolute Gasteiger partial charge is 0.315 e. The fourth-order valence-corrected chi connectivity index (χ4v) is 5.14. The van der Waals surface area contributed by atoms with E-state index in [-0.39, 0.29) is 5.25 Å². The molecule has 4 heteroatoms. The molecule has 0 radical (unpaired) electrons. The molecule has 0 bridgehead atoms. The SMILES string of the molecule is O=S(=O)(CCNCC1CCCC1)C1CCCCC1. The van der Waals surface area contributed by atoms with E-state index < -0.39 is 9.84 Å². The molecule has 0 spiro atoms. The number of rotatable bonds is 6. The Hall–Kier alpha value is -0.0900. The van der Waals surface area contributed by atoms with Crippen molar-refractivity contribution in [2.45, 2.75) is 63.0 Å². The summed E-state index contributed by atoms with van der Waals surface area (Å²) in [6.07, 6.45) is 10.5. The molecule has 2 aliphatic rings. The minimum absolute atomic E-state index is 0.0421. The highest BCUT2D eigenvalue weighted by atomic mass is 32.2. The van der Waals surface area contributed by atoms with Crippen molar-refractivity contribution < 1.29 is 8.42 Å². The van der Waals surface area contributed by atoms with Gasteiger partial charge in [-0.05, 0) is 38.1 Å². The Morgan fingerprint density at radius 2 is 1.50 bits per heavy atom. The molecule has 0 aromatic carbocycles. The first-order valence-corrected chi connectivity index (χ1v) is 9.32. The van der Waals surface area contributed by atoms with E-state index in [1.807, 2.05) is 0 Å². The molecule has 3 nitrogen and oxygen atoms in total. The van der Waals surface area contributed by atoms with Gasteiger partial charge in [0.15, 0.2) is 9.84 Å². The molecule has 18 heavy (non-hydrogen) atoms. The van der Waals surface area contributed by atoms with Gasteiger partial charge in [-0.1, -0.05) is 32.1 Å². The number of nitrogens with one attached hydrogen (secondary N) is 1. The predicted molar refractivity (Wildman–Crippen MR) is 75.5 cm³/mol. The van der Waals surface area contributed by atoms with Gasteiger partial charge in [-0.2, -0.15) is 0 Å². The number of sulfone groups is 1. The first kappa shape index (κ1) is 14.3. The third kappa shape index (κ3) is 4.23. The minimum Gasteiger partial charge on any atom is -0.315 e. The second-order valence-corrected chi connectivity index (χ2v) is 8.38. The maximum absolute atomic E-state index is 12.1. The van der Waals surface area contributed by atoms with Crippen molar-refractivity contribution in [2.24, 2.45) is 5.92 Å². The van der Waals surface area contributed by atoms with Gasteiger partial charge < -0.3 is 5.32 Å². The summed E-state index contributed by atoms with van der Waals surface area (Å²) in [5.74, 6) is 1.13. The van der Waals surface area contributed by atoms with Gasteiger partial charge in [-0.3, -0.25) is 0 Å². The molecule has 0 unspecified atom stereocenters. The molecule has 0 aliphatic heterocycles. The molecular formula is C14H27NO2S. The molecule has 1 N–H and O–H groups in total. The number of hydrogen-bond acceptors (Lipinski definition) is 3. The third-order valence-corrected chi connectivity index (χ3v) is 6.79. The van der Waals surface area contributed by atoms with Crippen molar-refractivity contribution >= 4 is 9.84 Å². The Balaban J connectivity index is 1.64. The molecule has 0 atom stereocenters. The second-order valence-electron chi connectivity index (χ2n) is 5.98. The molecular weight excluding hydrogens is 246 g/mol. The van der Waals surface area contributed by atoms with Crippen LogP contribution < -0.4 is 5.32 Å². The van der Waals surface area contributed by atoms with Crippen LogP contribution in [0.15, 0.2) is 0 Å². The Labute approximate surface area is 112 Å². The lowest BCUT2D eigenvalue weighted by Crippen LogP contribution is -2.33. The van der Waals surface area contributed by atoms with Crippen molar-refractivity contribution in [1.29, 1.82) is 0 Å². The Morgan fingerprint density at radius 1 is 0.889 bits per heavy atom. The zero-order chi connectivity index (χ0) is 12.8. The average Bonchev–Trinajstić information content (AvgIpc) is 2.89. The molecule has 0 amide bonds. The molecule has 2 saturated carbocycles. The van der Waals surface area contributed by atoms with E-state index in [0.717, 1.165) is 38.1 Å². The van der Waals surface area contributed by atoms with E-state index >= 15 is 0 Å². The van der Waals surface area contributed by atoms with Crippen LogP contribution in [0.25, 0.3) is 0 Å². The molecule has 2 aliphatic carbocycles. The van der Waals surface area contributed by atoms with Gasteiger partial charge in [0, 0.05) is 6.54 Å². The van der Waals surface area contributed by atoms with E-state index in [2.05, 4.69) is 5.32 Å². The molecule has 0 heterocycles. The number of hydrogen-bond donors (Lipinski definition) is 1. The van der Waals surface area contributed by atoms with Crippen LogP contribution in [0, 0.1) is 5.92 Å². The molecule has 106 valence electrons. The van der Waals surface area contributed by atoms with Crippen LogP contribution in [0.4, 0.5) is 0 Å². The molecule has 0 aromatic rings. The van der Waals surface area contributed by atoms with E-state index in [4.69, 9.17) is 0 Å². The molecule has 2 fully saturated rings. The van der Waals surface area contributed by atoms with Gasteiger partial charge in [0.25, 0.3) is 0 Å². The summed E-state index contributed by atoms with van der Waals surface area (Å²) in [5.41, 5.74) is 0. The lowest BCUT2D eigenvalue weighted by molar-refractivity contribution is 0.477. The fraction of sp³-hybridized carbons (Fsp3) is 1.00. The van der Waals surface area contributed by atoms with E-state index in [0.29, 0.717) is 12.3 Å². The van der Waals surface area contributed by atoms with Crippen LogP contribution >= 0.6 is 0 Å². The summed E-state index contributed by atoms with van der Waals surface area (Å²) in [6.45, 7) is 1.66. The van der Waals surface area contributed by atoms with Crippen molar-refractivity contribution in [3.63, 3.8) is 0 Å². The van der Waals surface area contributed by atoms with Crippen LogP contribution in [0.5, 0.6) is 0 Å². The first-order chi connectivity index (χ1) is 8.68. The van der Waals surface area contributed by atoms with Gasteiger partial charge in [0.05, 0.1) is 11.0 Å². The molecule has 0 saturated heterocycles. The smallest absolute Gasteiger partial charge is 0.154 e. The van der Waals surface area contributed by atoms with E-state index in [1.54, 1.807) is 0 Å². The van der Waals surface area contributed by atoms with E-state index in [9.17, 15) is 8.42 Å². The summed E-state index contributed by atoms with van der Waals surface area (Å²) in [6, 6.07) is 0. The lowest BCUT2D eigenvalue weighted by Gasteiger charge is -2.22. The van der Waals surface area contributed by atoms with Gasteiger partial charge in [-0.25, -0.2) is 8.42 Å². The minimum atomic E-state index is -2.84. The van der Waals surface area contributed by atoms with Gasteiger partial charge in [0.2, 0.25) is 0 Å². The Bertz CT molecular complexity index is 328. The van der Waals surface area contributed by atoms with Crippen molar-refractivity contribution in [3.05, 3.63) is 0 Å². The topological polar surface area (TPSA) is 46.2 Å². The molecule has 0 aromatic heterocycles. The predicted octanol–water partition coefficient (Wildman–Crippen LogP) is 2.51. The monoisotopic (exact) mass is 273 g/mol. The van der Waals surface area contributed by atoms with E-state index in [1.165, 1.54) is 32.1 Å². The van der Waals surface area contributed by atoms with Gasteiger partial charge >= 0.3 is 0 Å². The summed E-state index contributed by atoms with van der Waals surface area (Å²) < 4.78 is 24.3. The zero-order valence-corrected chi connectivity index (χ0v) is 12.2. The fourth-order valence-electron chi connectivity index (χ4n) is 3.33. The van der Waals surface area contributed by atoms with Crippen molar-refractivity contribution in [2.75, 3.05) is 18.8 Å². The average molecular weight is 273 g/mol. The summed E-state index contributed by atoms with van der Waals surface area (Å²) in [5, 5.41) is 3.30. The van der Waals surface area contributed by atoms with Gasteiger partial charge in [0.1, 0.15) is 0 Å². The zero-order valence-electron chi connectivity index (χ0n) is 11.4. The Kier molecular flexibility index (Phi) is 5.49. The summed E-state index contributed by atoms with van der Waals surface area (Å²) >= 11 is 0. The summed E-state index contributed by atoms with van der Waals surface area (Å²) in [4.78, 5) is 0.